The molecule has 0 bridgehead atoms. The third-order valence-corrected chi connectivity index (χ3v) is 3.03. The van der Waals surface area contributed by atoms with Gasteiger partial charge < -0.3 is 9.47 Å². The van der Waals surface area contributed by atoms with Gasteiger partial charge in [-0.3, -0.25) is 0 Å². The molecule has 0 aliphatic heterocycles. The van der Waals surface area contributed by atoms with E-state index in [0.29, 0.717) is 13.2 Å². The first-order valence-electron chi connectivity index (χ1n) is 5.54. The summed E-state index contributed by atoms with van der Waals surface area (Å²) in [6, 6.07) is 7.73. The van der Waals surface area contributed by atoms with E-state index >= 15 is 0 Å². The molecule has 16 heavy (non-hydrogen) atoms. The molecule has 0 saturated carbocycles. The molecular formula is C13H20O2S. The van der Waals surface area contributed by atoms with Crippen LogP contribution in [-0.4, -0.2) is 19.0 Å². The van der Waals surface area contributed by atoms with Crippen molar-refractivity contribution >= 4 is 12.6 Å². The van der Waals surface area contributed by atoms with Crippen LogP contribution in [0.5, 0.6) is 11.5 Å². The zero-order valence-corrected chi connectivity index (χ0v) is 11.1. The van der Waals surface area contributed by atoms with E-state index in [1.54, 1.807) is 0 Å². The third-order valence-electron chi connectivity index (χ3n) is 2.17. The Morgan fingerprint density at radius 3 is 2.38 bits per heavy atom. The van der Waals surface area contributed by atoms with Gasteiger partial charge >= 0.3 is 0 Å². The summed E-state index contributed by atoms with van der Waals surface area (Å²) in [4.78, 5) is 0. The Bertz CT molecular complexity index is 323. The van der Waals surface area contributed by atoms with E-state index in [2.05, 4.69) is 26.5 Å². The fourth-order valence-corrected chi connectivity index (χ4v) is 1.24. The minimum Gasteiger partial charge on any atom is -0.494 e. The largest absolute Gasteiger partial charge is 0.494 e. The molecule has 0 amide bonds. The van der Waals surface area contributed by atoms with Crippen molar-refractivity contribution in [2.24, 2.45) is 5.41 Å². The van der Waals surface area contributed by atoms with Crippen LogP contribution in [0.25, 0.3) is 0 Å². The molecule has 0 heterocycles. The molecule has 0 unspecified atom stereocenters. The van der Waals surface area contributed by atoms with Crippen molar-refractivity contribution in [1.29, 1.82) is 0 Å². The van der Waals surface area contributed by atoms with Gasteiger partial charge in [0.25, 0.3) is 0 Å². The zero-order chi connectivity index (χ0) is 12.0. The molecule has 1 aromatic carbocycles. The number of benzene rings is 1. The van der Waals surface area contributed by atoms with Crippen LogP contribution < -0.4 is 9.47 Å². The zero-order valence-electron chi connectivity index (χ0n) is 10.2. The highest BCUT2D eigenvalue weighted by molar-refractivity contribution is 7.80. The first-order chi connectivity index (χ1) is 7.57. The van der Waals surface area contributed by atoms with Crippen LogP contribution >= 0.6 is 12.6 Å². The van der Waals surface area contributed by atoms with Crippen molar-refractivity contribution in [1.82, 2.24) is 0 Å². The van der Waals surface area contributed by atoms with Gasteiger partial charge in [0, 0.05) is 11.5 Å². The van der Waals surface area contributed by atoms with Gasteiger partial charge in [-0.2, -0.15) is 12.6 Å². The molecule has 0 saturated heterocycles. The van der Waals surface area contributed by atoms with Crippen LogP contribution in [0.2, 0.25) is 0 Å². The normalized spacial score (nSPS) is 11.2. The second-order valence-electron chi connectivity index (χ2n) is 4.52. The maximum Gasteiger partial charge on any atom is 0.123 e. The van der Waals surface area contributed by atoms with Crippen molar-refractivity contribution in [2.45, 2.75) is 20.8 Å². The molecule has 0 aliphatic rings. The van der Waals surface area contributed by atoms with Crippen LogP contribution in [0.4, 0.5) is 0 Å². The molecule has 90 valence electrons. The molecule has 0 fully saturated rings. The molecule has 3 heteroatoms. The van der Waals surface area contributed by atoms with Gasteiger partial charge in [-0.1, -0.05) is 19.9 Å². The maximum absolute atomic E-state index is 5.72. The highest BCUT2D eigenvalue weighted by atomic mass is 32.1. The quantitative estimate of drug-likeness (QED) is 0.768. The van der Waals surface area contributed by atoms with E-state index in [1.807, 2.05) is 31.2 Å². The molecule has 1 rings (SSSR count). The van der Waals surface area contributed by atoms with E-state index in [4.69, 9.17) is 9.47 Å². The van der Waals surface area contributed by atoms with Gasteiger partial charge in [0.2, 0.25) is 0 Å². The smallest absolute Gasteiger partial charge is 0.123 e. The van der Waals surface area contributed by atoms with Gasteiger partial charge in [0.15, 0.2) is 0 Å². The Morgan fingerprint density at radius 2 is 1.81 bits per heavy atom. The van der Waals surface area contributed by atoms with Crippen LogP contribution in [0.1, 0.15) is 20.8 Å². The van der Waals surface area contributed by atoms with Gasteiger partial charge in [-0.25, -0.2) is 0 Å². The standard InChI is InChI=1S/C13H20O2S/c1-4-14-11-6-5-7-12(8-11)15-9-13(2,3)10-16/h5-8,16H,4,9-10H2,1-3H3. The summed E-state index contributed by atoms with van der Waals surface area (Å²) in [5.41, 5.74) is 0.0880. The number of rotatable bonds is 6. The van der Waals surface area contributed by atoms with E-state index in [-0.39, 0.29) is 5.41 Å². The number of ether oxygens (including phenoxy) is 2. The van der Waals surface area contributed by atoms with Gasteiger partial charge in [-0.05, 0) is 24.8 Å². The van der Waals surface area contributed by atoms with Crippen molar-refractivity contribution in [3.05, 3.63) is 24.3 Å². The lowest BCUT2D eigenvalue weighted by molar-refractivity contribution is 0.201. The van der Waals surface area contributed by atoms with Gasteiger partial charge in [0.05, 0.1) is 13.2 Å². The SMILES string of the molecule is CCOc1cccc(OCC(C)(C)CS)c1. The molecule has 1 aromatic rings. The predicted octanol–water partition coefficient (Wildman–Crippen LogP) is 3.42. The Morgan fingerprint density at radius 1 is 1.19 bits per heavy atom. The van der Waals surface area contributed by atoms with Gasteiger partial charge in [-0.15, -0.1) is 0 Å². The van der Waals surface area contributed by atoms with Crippen molar-refractivity contribution in [3.8, 4) is 11.5 Å². The predicted molar refractivity (Wildman–Crippen MR) is 70.7 cm³/mol. The van der Waals surface area contributed by atoms with Crippen LogP contribution in [0.15, 0.2) is 24.3 Å². The highest BCUT2D eigenvalue weighted by Crippen LogP contribution is 2.23. The number of thiol groups is 1. The first-order valence-corrected chi connectivity index (χ1v) is 6.17. The molecule has 0 aromatic heterocycles. The lowest BCUT2D eigenvalue weighted by atomic mass is 9.98. The second kappa shape index (κ2) is 6.04. The van der Waals surface area contributed by atoms with Gasteiger partial charge in [0.1, 0.15) is 11.5 Å². The summed E-state index contributed by atoms with van der Waals surface area (Å²) in [5, 5.41) is 0. The van der Waals surface area contributed by atoms with Crippen LogP contribution in [-0.2, 0) is 0 Å². The minimum absolute atomic E-state index is 0.0880. The summed E-state index contributed by atoms with van der Waals surface area (Å²) in [6.45, 7) is 7.56. The Kier molecular flexibility index (Phi) is 5.00. The van der Waals surface area contributed by atoms with Crippen molar-refractivity contribution in [3.63, 3.8) is 0 Å². The number of hydrogen-bond acceptors (Lipinski definition) is 3. The van der Waals surface area contributed by atoms with Crippen molar-refractivity contribution in [2.75, 3.05) is 19.0 Å². The van der Waals surface area contributed by atoms with E-state index in [1.165, 1.54) is 0 Å². The lowest BCUT2D eigenvalue weighted by Crippen LogP contribution is -2.23. The fourth-order valence-electron chi connectivity index (χ4n) is 1.14. The minimum atomic E-state index is 0.0880. The van der Waals surface area contributed by atoms with E-state index < -0.39 is 0 Å². The van der Waals surface area contributed by atoms with E-state index in [0.717, 1.165) is 17.3 Å². The molecular weight excluding hydrogens is 220 g/mol. The average molecular weight is 240 g/mol. The monoisotopic (exact) mass is 240 g/mol. The summed E-state index contributed by atoms with van der Waals surface area (Å²) in [7, 11) is 0. The first kappa shape index (κ1) is 13.2. The fraction of sp³-hybridized carbons (Fsp3) is 0.538. The molecule has 0 N–H and O–H groups in total. The second-order valence-corrected chi connectivity index (χ2v) is 4.84. The van der Waals surface area contributed by atoms with Crippen LogP contribution in [0.3, 0.4) is 0 Å². The molecule has 2 nitrogen and oxygen atoms in total. The molecule has 0 spiro atoms. The Balaban J connectivity index is 2.57. The molecule has 0 atom stereocenters. The maximum atomic E-state index is 5.72. The summed E-state index contributed by atoms with van der Waals surface area (Å²) in [6.07, 6.45) is 0. The Hall–Kier alpha value is -0.830. The van der Waals surface area contributed by atoms with Crippen molar-refractivity contribution < 1.29 is 9.47 Å². The van der Waals surface area contributed by atoms with E-state index in [9.17, 15) is 0 Å². The highest BCUT2D eigenvalue weighted by Gasteiger charge is 2.16. The topological polar surface area (TPSA) is 18.5 Å². The summed E-state index contributed by atoms with van der Waals surface area (Å²) in [5.74, 6) is 2.50. The van der Waals surface area contributed by atoms with Crippen LogP contribution in [0, 0.1) is 5.41 Å². The number of hydrogen-bond donors (Lipinski definition) is 1. The third kappa shape index (κ3) is 4.35. The molecule has 0 aliphatic carbocycles. The lowest BCUT2D eigenvalue weighted by Gasteiger charge is -2.22. The molecule has 0 radical (unpaired) electrons. The Labute approximate surface area is 103 Å². The average Bonchev–Trinajstić information content (AvgIpc) is 2.28. The summed E-state index contributed by atoms with van der Waals surface area (Å²) < 4.78 is 11.1. The summed E-state index contributed by atoms with van der Waals surface area (Å²) >= 11 is 4.30.